The quantitative estimate of drug-likeness (QED) is 0.921. The van der Waals surface area contributed by atoms with E-state index in [2.05, 4.69) is 36.1 Å². The van der Waals surface area contributed by atoms with E-state index in [9.17, 15) is 0 Å². The van der Waals surface area contributed by atoms with E-state index in [4.69, 9.17) is 9.72 Å². The molecule has 1 fully saturated rings. The van der Waals surface area contributed by atoms with Crippen molar-refractivity contribution in [1.29, 1.82) is 0 Å². The van der Waals surface area contributed by atoms with Crippen LogP contribution < -0.4 is 10.2 Å². The van der Waals surface area contributed by atoms with Crippen LogP contribution in [-0.2, 0) is 4.74 Å². The molecule has 1 saturated heterocycles. The summed E-state index contributed by atoms with van der Waals surface area (Å²) in [6.45, 7) is 5.84. The van der Waals surface area contributed by atoms with Gasteiger partial charge in [-0.3, -0.25) is 0 Å². The molecule has 0 spiro atoms. The third kappa shape index (κ3) is 2.20. The van der Waals surface area contributed by atoms with Crippen LogP contribution in [0.5, 0.6) is 0 Å². The third-order valence-electron chi connectivity index (χ3n) is 3.88. The number of hydrogen-bond donors (Lipinski definition) is 1. The Balaban J connectivity index is 2.02. The van der Waals surface area contributed by atoms with E-state index in [1.165, 1.54) is 0 Å². The highest BCUT2D eigenvalue weighted by molar-refractivity contribution is 5.67. The first kappa shape index (κ1) is 13.2. The van der Waals surface area contributed by atoms with Crippen molar-refractivity contribution in [3.63, 3.8) is 0 Å². The number of hydrogen-bond acceptors (Lipinski definition) is 5. The second-order valence-corrected chi connectivity index (χ2v) is 5.18. The average Bonchev–Trinajstić information content (AvgIpc) is 3.05. The van der Waals surface area contributed by atoms with Crippen molar-refractivity contribution in [2.45, 2.75) is 32.4 Å². The Kier molecular flexibility index (Phi) is 3.48. The Morgan fingerprint density at radius 2 is 2.40 bits per heavy atom. The number of imidazole rings is 1. The Hall–Kier alpha value is -1.82. The summed E-state index contributed by atoms with van der Waals surface area (Å²) in [7, 11) is 2.07. The number of nitrogens with one attached hydrogen (secondary N) is 1. The van der Waals surface area contributed by atoms with Crippen LogP contribution >= 0.6 is 0 Å². The fraction of sp³-hybridized carbons (Fsp3) is 0.571. The molecule has 2 unspecified atom stereocenters. The molecule has 3 rings (SSSR count). The smallest absolute Gasteiger partial charge is 0.180 e. The van der Waals surface area contributed by atoms with E-state index in [1.807, 2.05) is 16.8 Å². The maximum Gasteiger partial charge on any atom is 0.180 e. The molecule has 0 aliphatic carbocycles. The summed E-state index contributed by atoms with van der Waals surface area (Å²) in [6, 6.07) is 0.347. The molecule has 0 aromatic carbocycles. The summed E-state index contributed by atoms with van der Waals surface area (Å²) >= 11 is 0. The van der Waals surface area contributed by atoms with Gasteiger partial charge in [-0.2, -0.15) is 0 Å². The minimum atomic E-state index is 0.222. The largest absolute Gasteiger partial charge is 0.376 e. The lowest BCUT2D eigenvalue weighted by Crippen LogP contribution is -2.37. The lowest BCUT2D eigenvalue weighted by molar-refractivity contribution is 0.118. The van der Waals surface area contributed by atoms with Crippen molar-refractivity contribution < 1.29 is 4.74 Å². The molecule has 0 bridgehead atoms. The van der Waals surface area contributed by atoms with E-state index in [0.717, 1.165) is 36.9 Å². The van der Waals surface area contributed by atoms with Crippen LogP contribution in [0.25, 0.3) is 5.65 Å². The van der Waals surface area contributed by atoms with Crippen LogP contribution in [0.2, 0.25) is 0 Å². The molecule has 0 radical (unpaired) electrons. The van der Waals surface area contributed by atoms with Gasteiger partial charge in [0.15, 0.2) is 11.5 Å². The molecule has 20 heavy (non-hydrogen) atoms. The van der Waals surface area contributed by atoms with E-state index in [0.29, 0.717) is 6.04 Å². The molecule has 1 aliphatic heterocycles. The first-order valence-electron chi connectivity index (χ1n) is 7.12. The number of likely N-dealkylation sites (N-methyl/N-ethyl adjacent to an activating group) is 1. The first-order valence-corrected chi connectivity index (χ1v) is 7.12. The van der Waals surface area contributed by atoms with E-state index in [-0.39, 0.29) is 6.10 Å². The number of rotatable bonds is 4. The first-order chi connectivity index (χ1) is 9.70. The highest BCUT2D eigenvalue weighted by Crippen LogP contribution is 2.26. The maximum absolute atomic E-state index is 5.67. The lowest BCUT2D eigenvalue weighted by atomic mass is 10.1. The normalized spacial score (nSPS) is 22.4. The number of ether oxygens (including phenoxy) is 1. The molecule has 3 heterocycles. The molecule has 2 aromatic rings. The standard InChI is InChI=1S/C14H21N5O/c1-4-15-12-9-19-7-6-16-13(19)14(17-12)18(3)11-5-8-20-10(11)2/h6-7,9-11,15H,4-5,8H2,1-3H3. The van der Waals surface area contributed by atoms with Crippen LogP contribution in [0.15, 0.2) is 18.6 Å². The molecular formula is C14H21N5O. The second-order valence-electron chi connectivity index (χ2n) is 5.18. The number of nitrogens with zero attached hydrogens (tertiary/aromatic N) is 4. The van der Waals surface area contributed by atoms with Crippen molar-refractivity contribution in [2.75, 3.05) is 30.4 Å². The molecule has 108 valence electrons. The van der Waals surface area contributed by atoms with E-state index >= 15 is 0 Å². The Labute approximate surface area is 118 Å². The zero-order chi connectivity index (χ0) is 14.1. The van der Waals surface area contributed by atoms with Crippen molar-refractivity contribution in [1.82, 2.24) is 14.4 Å². The van der Waals surface area contributed by atoms with Gasteiger partial charge < -0.3 is 19.4 Å². The summed E-state index contributed by atoms with van der Waals surface area (Å²) in [6.07, 6.45) is 6.97. The monoisotopic (exact) mass is 275 g/mol. The number of fused-ring (bicyclic) bond motifs is 1. The van der Waals surface area contributed by atoms with Crippen molar-refractivity contribution >= 4 is 17.3 Å². The Bertz CT molecular complexity index is 596. The summed E-state index contributed by atoms with van der Waals surface area (Å²) in [5.41, 5.74) is 0.883. The van der Waals surface area contributed by atoms with Crippen LogP contribution in [0, 0.1) is 0 Å². The highest BCUT2D eigenvalue weighted by Gasteiger charge is 2.30. The number of aromatic nitrogens is 3. The lowest BCUT2D eigenvalue weighted by Gasteiger charge is -2.28. The van der Waals surface area contributed by atoms with Gasteiger partial charge >= 0.3 is 0 Å². The van der Waals surface area contributed by atoms with Gasteiger partial charge in [-0.1, -0.05) is 0 Å². The van der Waals surface area contributed by atoms with Crippen LogP contribution in [0.3, 0.4) is 0 Å². The van der Waals surface area contributed by atoms with Crippen molar-refractivity contribution in [3.05, 3.63) is 18.6 Å². The number of anilines is 2. The van der Waals surface area contributed by atoms with Crippen LogP contribution in [0.1, 0.15) is 20.3 Å². The molecule has 0 amide bonds. The summed E-state index contributed by atoms with van der Waals surface area (Å²) in [5, 5.41) is 3.27. The predicted octanol–water partition coefficient (Wildman–Crippen LogP) is 1.77. The molecule has 1 N–H and O–H groups in total. The molecule has 2 atom stereocenters. The van der Waals surface area contributed by atoms with E-state index < -0.39 is 0 Å². The van der Waals surface area contributed by atoms with Crippen molar-refractivity contribution in [2.24, 2.45) is 0 Å². The van der Waals surface area contributed by atoms with Gasteiger partial charge in [-0.15, -0.1) is 0 Å². The SMILES string of the molecule is CCNc1cn2ccnc2c(N(C)C2CCOC2C)n1. The fourth-order valence-electron chi connectivity index (χ4n) is 2.80. The third-order valence-corrected chi connectivity index (χ3v) is 3.88. The molecule has 0 saturated carbocycles. The van der Waals surface area contributed by atoms with Gasteiger partial charge in [-0.05, 0) is 20.3 Å². The van der Waals surface area contributed by atoms with Gasteiger partial charge in [-0.25, -0.2) is 9.97 Å². The fourth-order valence-corrected chi connectivity index (χ4v) is 2.80. The Morgan fingerprint density at radius 1 is 1.55 bits per heavy atom. The zero-order valence-corrected chi connectivity index (χ0v) is 12.2. The van der Waals surface area contributed by atoms with E-state index in [1.54, 1.807) is 6.20 Å². The second kappa shape index (κ2) is 5.28. The zero-order valence-electron chi connectivity index (χ0n) is 12.2. The average molecular weight is 275 g/mol. The van der Waals surface area contributed by atoms with Crippen molar-refractivity contribution in [3.8, 4) is 0 Å². The summed E-state index contributed by atoms with van der Waals surface area (Å²) < 4.78 is 7.68. The summed E-state index contributed by atoms with van der Waals surface area (Å²) in [4.78, 5) is 11.3. The van der Waals surface area contributed by atoms with Gasteiger partial charge in [0.25, 0.3) is 0 Å². The molecular weight excluding hydrogens is 254 g/mol. The minimum absolute atomic E-state index is 0.222. The summed E-state index contributed by atoms with van der Waals surface area (Å²) in [5.74, 6) is 1.77. The van der Waals surface area contributed by atoms with Gasteiger partial charge in [0.05, 0.1) is 18.3 Å². The van der Waals surface area contributed by atoms with Gasteiger partial charge in [0.1, 0.15) is 5.82 Å². The molecule has 2 aromatic heterocycles. The van der Waals surface area contributed by atoms with Gasteiger partial charge in [0.2, 0.25) is 0 Å². The van der Waals surface area contributed by atoms with Crippen LogP contribution in [-0.4, -0.2) is 46.7 Å². The maximum atomic E-state index is 5.67. The predicted molar refractivity (Wildman–Crippen MR) is 79.4 cm³/mol. The molecule has 1 aliphatic rings. The van der Waals surface area contributed by atoms with Crippen LogP contribution in [0.4, 0.5) is 11.6 Å². The highest BCUT2D eigenvalue weighted by atomic mass is 16.5. The molecule has 6 nitrogen and oxygen atoms in total. The molecule has 6 heteroatoms. The minimum Gasteiger partial charge on any atom is -0.376 e. The topological polar surface area (TPSA) is 54.7 Å². The van der Waals surface area contributed by atoms with Gasteiger partial charge in [0, 0.05) is 32.6 Å². The Morgan fingerprint density at radius 3 is 3.10 bits per heavy atom.